The van der Waals surface area contributed by atoms with Gasteiger partial charge in [0, 0.05) is 54.8 Å². The summed E-state index contributed by atoms with van der Waals surface area (Å²) in [5.74, 6) is 1.17. The van der Waals surface area contributed by atoms with E-state index in [1.807, 2.05) is 35.7 Å². The highest BCUT2D eigenvalue weighted by atomic mass is 32.1. The average Bonchev–Trinajstić information content (AvgIpc) is 3.40. The third-order valence-corrected chi connectivity index (χ3v) is 6.26. The standard InChI is InChI=1S/C19H19N5OS/c1-13-22-15(10-26-13)18(25)23-6-4-19(11-23)7-17-21-9-16(24(17)12-19)14-3-2-5-20-8-14/h2-3,5,8-10H,4,6-7,11-12H2,1H3. The molecule has 0 radical (unpaired) electrons. The summed E-state index contributed by atoms with van der Waals surface area (Å²) in [6.07, 6.45) is 7.54. The lowest BCUT2D eigenvalue weighted by Crippen LogP contribution is -2.33. The first kappa shape index (κ1) is 15.7. The molecule has 2 aliphatic rings. The summed E-state index contributed by atoms with van der Waals surface area (Å²) in [6, 6.07) is 4.02. The molecule has 0 saturated carbocycles. The number of aromatic nitrogens is 4. The van der Waals surface area contributed by atoms with Gasteiger partial charge in [0.1, 0.15) is 11.5 Å². The molecule has 0 N–H and O–H groups in total. The summed E-state index contributed by atoms with van der Waals surface area (Å²) in [6.45, 7) is 4.41. The Hall–Kier alpha value is -2.54. The quantitative estimate of drug-likeness (QED) is 0.700. The molecular formula is C19H19N5OS. The summed E-state index contributed by atoms with van der Waals surface area (Å²) < 4.78 is 2.30. The van der Waals surface area contributed by atoms with Gasteiger partial charge in [0.15, 0.2) is 0 Å². The minimum absolute atomic E-state index is 0.0586. The second-order valence-electron chi connectivity index (χ2n) is 7.29. The van der Waals surface area contributed by atoms with Crippen LogP contribution >= 0.6 is 11.3 Å². The van der Waals surface area contributed by atoms with Crippen LogP contribution in [0, 0.1) is 12.3 Å². The van der Waals surface area contributed by atoms with E-state index in [1.165, 1.54) is 11.3 Å². The molecule has 132 valence electrons. The molecule has 5 rings (SSSR count). The highest BCUT2D eigenvalue weighted by Gasteiger charge is 2.46. The van der Waals surface area contributed by atoms with E-state index < -0.39 is 0 Å². The summed E-state index contributed by atoms with van der Waals surface area (Å²) in [5.41, 5.74) is 2.88. The Morgan fingerprint density at radius 2 is 2.23 bits per heavy atom. The number of amides is 1. The molecule has 1 saturated heterocycles. The predicted molar refractivity (Wildman–Crippen MR) is 99.0 cm³/mol. The summed E-state index contributed by atoms with van der Waals surface area (Å²) in [4.78, 5) is 27.9. The second-order valence-corrected chi connectivity index (χ2v) is 8.35. The van der Waals surface area contributed by atoms with Gasteiger partial charge in [0.05, 0.1) is 16.9 Å². The number of rotatable bonds is 2. The van der Waals surface area contributed by atoms with Crippen LogP contribution in [-0.2, 0) is 13.0 Å². The van der Waals surface area contributed by atoms with Gasteiger partial charge < -0.3 is 9.47 Å². The van der Waals surface area contributed by atoms with Crippen molar-refractivity contribution in [2.24, 2.45) is 5.41 Å². The summed E-state index contributed by atoms with van der Waals surface area (Å²) >= 11 is 1.53. The zero-order chi connectivity index (χ0) is 17.7. The van der Waals surface area contributed by atoms with Crippen LogP contribution in [0.3, 0.4) is 0 Å². The lowest BCUT2D eigenvalue weighted by atomic mass is 9.86. The van der Waals surface area contributed by atoms with Gasteiger partial charge in [-0.1, -0.05) is 0 Å². The van der Waals surface area contributed by atoms with Crippen molar-refractivity contribution in [1.82, 2.24) is 24.4 Å². The summed E-state index contributed by atoms with van der Waals surface area (Å²) in [5, 5.41) is 2.80. The molecule has 1 unspecified atom stereocenters. The molecule has 1 atom stereocenters. The van der Waals surface area contributed by atoms with E-state index in [4.69, 9.17) is 0 Å². The molecule has 1 spiro atoms. The molecule has 0 aromatic carbocycles. The molecule has 6 nitrogen and oxygen atoms in total. The predicted octanol–water partition coefficient (Wildman–Crippen LogP) is 2.80. The van der Waals surface area contributed by atoms with Gasteiger partial charge in [-0.05, 0) is 25.5 Å². The molecule has 0 aliphatic carbocycles. The van der Waals surface area contributed by atoms with Crippen molar-refractivity contribution in [3.8, 4) is 11.3 Å². The van der Waals surface area contributed by atoms with E-state index in [9.17, 15) is 4.79 Å². The molecule has 1 amide bonds. The highest BCUT2D eigenvalue weighted by molar-refractivity contribution is 7.09. The number of hydrogen-bond donors (Lipinski definition) is 0. The van der Waals surface area contributed by atoms with Crippen molar-refractivity contribution in [1.29, 1.82) is 0 Å². The number of hydrogen-bond acceptors (Lipinski definition) is 5. The zero-order valence-electron chi connectivity index (χ0n) is 14.6. The Balaban J connectivity index is 1.37. The molecular weight excluding hydrogens is 346 g/mol. The number of thiazole rings is 1. The minimum Gasteiger partial charge on any atom is -0.337 e. The van der Waals surface area contributed by atoms with E-state index in [0.29, 0.717) is 5.69 Å². The van der Waals surface area contributed by atoms with Crippen molar-refractivity contribution < 1.29 is 4.79 Å². The van der Waals surface area contributed by atoms with Crippen molar-refractivity contribution in [2.75, 3.05) is 13.1 Å². The fourth-order valence-electron chi connectivity index (χ4n) is 4.21. The first-order chi connectivity index (χ1) is 12.6. The van der Waals surface area contributed by atoms with E-state index >= 15 is 0 Å². The Kier molecular flexibility index (Phi) is 3.46. The Morgan fingerprint density at radius 3 is 3.00 bits per heavy atom. The number of carbonyl (C=O) groups excluding carboxylic acids is 1. The SMILES string of the molecule is Cc1nc(C(=O)N2CCC3(Cc4ncc(-c5cccnc5)n4C3)C2)cs1. The zero-order valence-corrected chi connectivity index (χ0v) is 15.4. The Labute approximate surface area is 155 Å². The monoisotopic (exact) mass is 365 g/mol. The van der Waals surface area contributed by atoms with Gasteiger partial charge >= 0.3 is 0 Å². The topological polar surface area (TPSA) is 63.9 Å². The number of imidazole rings is 1. The number of nitrogens with zero attached hydrogens (tertiary/aromatic N) is 5. The van der Waals surface area contributed by atoms with Crippen molar-refractivity contribution >= 4 is 17.2 Å². The van der Waals surface area contributed by atoms with Crippen LogP contribution in [-0.4, -0.2) is 43.4 Å². The van der Waals surface area contributed by atoms with Gasteiger partial charge in [-0.25, -0.2) is 9.97 Å². The Bertz CT molecular complexity index is 979. The van der Waals surface area contributed by atoms with Crippen molar-refractivity contribution in [3.63, 3.8) is 0 Å². The molecule has 26 heavy (non-hydrogen) atoms. The van der Waals surface area contributed by atoms with Gasteiger partial charge in [0.25, 0.3) is 5.91 Å². The largest absolute Gasteiger partial charge is 0.337 e. The molecule has 0 bridgehead atoms. The van der Waals surface area contributed by atoms with Crippen molar-refractivity contribution in [2.45, 2.75) is 26.3 Å². The lowest BCUT2D eigenvalue weighted by Gasteiger charge is -2.23. The molecule has 3 aromatic rings. The van der Waals surface area contributed by atoms with E-state index in [1.54, 1.807) is 6.20 Å². The maximum absolute atomic E-state index is 12.7. The van der Waals surface area contributed by atoms with Crippen molar-refractivity contribution in [3.05, 3.63) is 52.6 Å². The minimum atomic E-state index is 0.0586. The maximum atomic E-state index is 12.7. The first-order valence-corrected chi connectivity index (χ1v) is 9.68. The molecule has 7 heteroatoms. The van der Waals surface area contributed by atoms with Gasteiger partial charge in [-0.3, -0.25) is 9.78 Å². The van der Waals surface area contributed by atoms with Crippen LogP contribution in [0.15, 0.2) is 36.1 Å². The third-order valence-electron chi connectivity index (χ3n) is 5.49. The fraction of sp³-hybridized carbons (Fsp3) is 0.368. The van der Waals surface area contributed by atoms with Gasteiger partial charge in [-0.2, -0.15) is 0 Å². The fourth-order valence-corrected chi connectivity index (χ4v) is 4.80. The third kappa shape index (κ3) is 2.46. The molecule has 5 heterocycles. The number of aryl methyl sites for hydroxylation is 1. The van der Waals surface area contributed by atoms with Gasteiger partial charge in [-0.15, -0.1) is 11.3 Å². The summed E-state index contributed by atoms with van der Waals surface area (Å²) in [7, 11) is 0. The van der Waals surface area contributed by atoms with Crippen LogP contribution in [0.25, 0.3) is 11.3 Å². The van der Waals surface area contributed by atoms with Gasteiger partial charge in [0.2, 0.25) is 0 Å². The van der Waals surface area contributed by atoms with E-state index in [-0.39, 0.29) is 11.3 Å². The smallest absolute Gasteiger partial charge is 0.273 e. The Morgan fingerprint density at radius 1 is 1.31 bits per heavy atom. The van der Waals surface area contributed by atoms with Crippen LogP contribution in [0.4, 0.5) is 0 Å². The second kappa shape index (κ2) is 5.74. The van der Waals surface area contributed by atoms with Crippen LogP contribution in [0.2, 0.25) is 0 Å². The van der Waals surface area contributed by atoms with E-state index in [2.05, 4.69) is 25.6 Å². The molecule has 2 aliphatic heterocycles. The van der Waals surface area contributed by atoms with Crippen LogP contribution < -0.4 is 0 Å². The van der Waals surface area contributed by atoms with Crippen LogP contribution in [0.5, 0.6) is 0 Å². The molecule has 3 aromatic heterocycles. The number of carbonyl (C=O) groups is 1. The maximum Gasteiger partial charge on any atom is 0.273 e. The van der Waals surface area contributed by atoms with Crippen LogP contribution in [0.1, 0.15) is 27.7 Å². The number of fused-ring (bicyclic) bond motifs is 1. The first-order valence-electron chi connectivity index (χ1n) is 8.80. The normalized spacial score (nSPS) is 21.5. The average molecular weight is 365 g/mol. The molecule has 1 fully saturated rings. The lowest BCUT2D eigenvalue weighted by molar-refractivity contribution is 0.0766. The highest BCUT2D eigenvalue weighted by Crippen LogP contribution is 2.42. The number of likely N-dealkylation sites (tertiary alicyclic amines) is 1. The van der Waals surface area contributed by atoms with E-state index in [0.717, 1.165) is 54.6 Å². The number of pyridine rings is 1.